The van der Waals surface area contributed by atoms with Crippen LogP contribution in [0, 0.1) is 5.92 Å². The Balaban J connectivity index is 1.71. The summed E-state index contributed by atoms with van der Waals surface area (Å²) >= 11 is 0. The third-order valence-electron chi connectivity index (χ3n) is 5.75. The van der Waals surface area contributed by atoms with Crippen LogP contribution < -0.4 is 0 Å². The number of esters is 1. The second-order valence-corrected chi connectivity index (χ2v) is 10.7. The summed E-state index contributed by atoms with van der Waals surface area (Å²) in [6.07, 6.45) is 0.539. The Morgan fingerprint density at radius 3 is 2.22 bits per heavy atom. The van der Waals surface area contributed by atoms with Crippen molar-refractivity contribution in [3.05, 3.63) is 35.4 Å². The van der Waals surface area contributed by atoms with Gasteiger partial charge in [-0.25, -0.2) is 13.2 Å². The number of fused-ring (bicyclic) bond motifs is 1. The van der Waals surface area contributed by atoms with Crippen molar-refractivity contribution in [2.45, 2.75) is 45.7 Å². The van der Waals surface area contributed by atoms with Crippen molar-refractivity contribution in [2.24, 2.45) is 5.92 Å². The highest BCUT2D eigenvalue weighted by Gasteiger charge is 2.44. The molecule has 32 heavy (non-hydrogen) atoms. The summed E-state index contributed by atoms with van der Waals surface area (Å²) < 4.78 is 28.7. The van der Waals surface area contributed by atoms with Crippen molar-refractivity contribution < 1.29 is 32.3 Å². The zero-order chi connectivity index (χ0) is 23.6. The molecule has 174 valence electrons. The molecule has 0 N–H and O–H groups in total. The molecular formula is C22H28N2O7S. The van der Waals surface area contributed by atoms with E-state index in [1.165, 1.54) is 17.0 Å². The molecule has 0 saturated carbocycles. The third kappa shape index (κ3) is 4.85. The topological polar surface area (TPSA) is 118 Å². The minimum absolute atomic E-state index is 0.0246. The molecule has 3 amide bonds. The lowest BCUT2D eigenvalue weighted by Crippen LogP contribution is -2.48. The SMILES string of the molecule is CCN(C(=O)COC(=O)C(CC(C)C)N1C(=O)c2ccccc2C1=O)C1CCS(=O)(=O)C1. The lowest BCUT2D eigenvalue weighted by molar-refractivity contribution is -0.156. The van der Waals surface area contributed by atoms with Crippen LogP contribution in [0.4, 0.5) is 0 Å². The summed E-state index contributed by atoms with van der Waals surface area (Å²) in [5, 5.41) is 0. The monoisotopic (exact) mass is 464 g/mol. The molecule has 2 atom stereocenters. The van der Waals surface area contributed by atoms with Crippen molar-refractivity contribution >= 4 is 33.5 Å². The second kappa shape index (κ2) is 9.40. The van der Waals surface area contributed by atoms with Gasteiger partial charge in [-0.05, 0) is 37.8 Å². The predicted octanol–water partition coefficient (Wildman–Crippen LogP) is 1.28. The molecule has 0 aliphatic carbocycles. The molecule has 1 saturated heterocycles. The van der Waals surface area contributed by atoms with Gasteiger partial charge in [-0.3, -0.25) is 19.3 Å². The van der Waals surface area contributed by atoms with Crippen LogP contribution in [0.2, 0.25) is 0 Å². The highest BCUT2D eigenvalue weighted by atomic mass is 32.2. The number of likely N-dealkylation sites (N-methyl/N-ethyl adjacent to an activating group) is 1. The van der Waals surface area contributed by atoms with Gasteiger partial charge in [0.2, 0.25) is 0 Å². The summed E-state index contributed by atoms with van der Waals surface area (Å²) in [5.41, 5.74) is 0.462. The first-order chi connectivity index (χ1) is 15.1. The van der Waals surface area contributed by atoms with Crippen LogP contribution >= 0.6 is 0 Å². The average molecular weight is 465 g/mol. The Hall–Kier alpha value is -2.75. The van der Waals surface area contributed by atoms with Gasteiger partial charge < -0.3 is 9.64 Å². The number of ether oxygens (including phenoxy) is 1. The van der Waals surface area contributed by atoms with E-state index in [1.54, 1.807) is 19.1 Å². The average Bonchev–Trinajstić information content (AvgIpc) is 3.21. The van der Waals surface area contributed by atoms with Gasteiger partial charge in [0, 0.05) is 12.6 Å². The summed E-state index contributed by atoms with van der Waals surface area (Å²) in [6, 6.07) is 4.75. The zero-order valence-corrected chi connectivity index (χ0v) is 19.3. The molecule has 1 aromatic carbocycles. The maximum atomic E-state index is 12.9. The molecule has 0 aromatic heterocycles. The minimum Gasteiger partial charge on any atom is -0.454 e. The van der Waals surface area contributed by atoms with Crippen LogP contribution in [0.15, 0.2) is 24.3 Å². The Morgan fingerprint density at radius 2 is 1.75 bits per heavy atom. The van der Waals surface area contributed by atoms with E-state index in [2.05, 4.69) is 0 Å². The van der Waals surface area contributed by atoms with Crippen LogP contribution in [0.5, 0.6) is 0 Å². The lowest BCUT2D eigenvalue weighted by Gasteiger charge is -2.28. The molecule has 2 aliphatic heterocycles. The van der Waals surface area contributed by atoms with Gasteiger partial charge in [0.15, 0.2) is 16.4 Å². The van der Waals surface area contributed by atoms with Gasteiger partial charge >= 0.3 is 5.97 Å². The number of amides is 3. The molecule has 2 heterocycles. The van der Waals surface area contributed by atoms with Gasteiger partial charge in [0.25, 0.3) is 17.7 Å². The van der Waals surface area contributed by atoms with E-state index in [-0.39, 0.29) is 41.5 Å². The van der Waals surface area contributed by atoms with Crippen LogP contribution in [0.25, 0.3) is 0 Å². The van der Waals surface area contributed by atoms with Crippen molar-refractivity contribution in [1.82, 2.24) is 9.80 Å². The molecule has 0 radical (unpaired) electrons. The van der Waals surface area contributed by atoms with E-state index in [4.69, 9.17) is 4.74 Å². The van der Waals surface area contributed by atoms with Crippen LogP contribution in [-0.2, 0) is 24.2 Å². The number of hydrogen-bond donors (Lipinski definition) is 0. The fourth-order valence-corrected chi connectivity index (χ4v) is 5.95. The van der Waals surface area contributed by atoms with E-state index in [0.29, 0.717) is 6.42 Å². The van der Waals surface area contributed by atoms with E-state index >= 15 is 0 Å². The lowest BCUT2D eigenvalue weighted by atomic mass is 10.0. The molecule has 10 heteroatoms. The Bertz CT molecular complexity index is 999. The predicted molar refractivity (Wildman–Crippen MR) is 116 cm³/mol. The smallest absolute Gasteiger partial charge is 0.329 e. The fourth-order valence-electron chi connectivity index (χ4n) is 4.22. The number of nitrogens with zero attached hydrogens (tertiary/aromatic N) is 2. The summed E-state index contributed by atoms with van der Waals surface area (Å²) in [7, 11) is -3.18. The van der Waals surface area contributed by atoms with Gasteiger partial charge in [0.1, 0.15) is 6.04 Å². The Kier molecular flexibility index (Phi) is 7.02. The minimum atomic E-state index is -3.18. The highest BCUT2D eigenvalue weighted by molar-refractivity contribution is 7.91. The third-order valence-corrected chi connectivity index (χ3v) is 7.50. The number of imide groups is 1. The largest absolute Gasteiger partial charge is 0.454 e. The van der Waals surface area contributed by atoms with E-state index in [0.717, 1.165) is 4.90 Å². The molecule has 1 aromatic rings. The number of benzene rings is 1. The van der Waals surface area contributed by atoms with Crippen molar-refractivity contribution in [3.8, 4) is 0 Å². The quantitative estimate of drug-likeness (QED) is 0.420. The van der Waals surface area contributed by atoms with E-state index in [9.17, 15) is 27.6 Å². The van der Waals surface area contributed by atoms with Gasteiger partial charge in [0.05, 0.1) is 22.6 Å². The molecule has 9 nitrogen and oxygen atoms in total. The van der Waals surface area contributed by atoms with Crippen LogP contribution in [0.1, 0.15) is 54.3 Å². The van der Waals surface area contributed by atoms with Crippen molar-refractivity contribution in [3.63, 3.8) is 0 Å². The molecule has 2 unspecified atom stereocenters. The number of hydrogen-bond acceptors (Lipinski definition) is 7. The molecule has 1 fully saturated rings. The summed E-state index contributed by atoms with van der Waals surface area (Å²) in [4.78, 5) is 53.5. The molecule has 0 bridgehead atoms. The first kappa shape index (κ1) is 23.9. The summed E-state index contributed by atoms with van der Waals surface area (Å²) in [5.74, 6) is -2.58. The molecule has 0 spiro atoms. The standard InChI is InChI=1S/C22H28N2O7S/c1-4-23(15-9-10-32(29,30)13-15)19(25)12-31-22(28)18(11-14(2)3)24-20(26)16-7-5-6-8-17(16)21(24)27/h5-8,14-15,18H,4,9-13H2,1-3H3. The molecule has 3 rings (SSSR count). The Morgan fingerprint density at radius 1 is 1.16 bits per heavy atom. The maximum absolute atomic E-state index is 12.9. The van der Waals surface area contributed by atoms with Gasteiger partial charge in [-0.1, -0.05) is 26.0 Å². The fraction of sp³-hybridized carbons (Fsp3) is 0.545. The number of carbonyl (C=O) groups excluding carboxylic acids is 4. The molecule has 2 aliphatic rings. The number of carbonyl (C=O) groups is 4. The van der Waals surface area contributed by atoms with Gasteiger partial charge in [-0.15, -0.1) is 0 Å². The van der Waals surface area contributed by atoms with Crippen LogP contribution in [-0.4, -0.2) is 78.6 Å². The Labute approximate surface area is 187 Å². The highest BCUT2D eigenvalue weighted by Crippen LogP contribution is 2.27. The first-order valence-corrected chi connectivity index (χ1v) is 12.5. The first-order valence-electron chi connectivity index (χ1n) is 10.7. The number of rotatable bonds is 8. The van der Waals surface area contributed by atoms with Crippen LogP contribution in [0.3, 0.4) is 0 Å². The van der Waals surface area contributed by atoms with Crippen molar-refractivity contribution in [1.29, 1.82) is 0 Å². The summed E-state index contributed by atoms with van der Waals surface area (Å²) in [6.45, 7) is 5.13. The second-order valence-electron chi connectivity index (χ2n) is 8.52. The van der Waals surface area contributed by atoms with E-state index < -0.39 is 52.2 Å². The normalized spacial score (nSPS) is 20.4. The number of sulfone groups is 1. The van der Waals surface area contributed by atoms with Crippen molar-refractivity contribution in [2.75, 3.05) is 24.7 Å². The molecular weight excluding hydrogens is 436 g/mol. The maximum Gasteiger partial charge on any atom is 0.329 e. The zero-order valence-electron chi connectivity index (χ0n) is 18.4. The van der Waals surface area contributed by atoms with E-state index in [1.807, 2.05) is 13.8 Å². The van der Waals surface area contributed by atoms with Gasteiger partial charge in [-0.2, -0.15) is 0 Å².